The minimum Gasteiger partial charge on any atom is -0.326 e. The highest BCUT2D eigenvalue weighted by molar-refractivity contribution is 8.15. The van der Waals surface area contributed by atoms with Gasteiger partial charge < -0.3 is 10.6 Å². The van der Waals surface area contributed by atoms with Crippen LogP contribution in [0.4, 0.5) is 5.69 Å². The van der Waals surface area contributed by atoms with Crippen LogP contribution in [0.1, 0.15) is 23.1 Å². The van der Waals surface area contributed by atoms with E-state index in [9.17, 15) is 9.59 Å². The molecule has 1 unspecified atom stereocenters. The number of rotatable bonds is 5. The number of carbonyl (C=O) groups excluding carboxylic acids is 2. The third kappa shape index (κ3) is 4.52. The standard InChI is InChI=1S/C20H21N3O2S/c1-13-7-6-8-14(2)18(13)22-17(24)11-16-19(25)23-20(26-16)21-12-15-9-4-3-5-10-15/h3-10,16H,11-12H2,1-2H3,(H,22,24)(H,21,23,25). The van der Waals surface area contributed by atoms with E-state index >= 15 is 0 Å². The lowest BCUT2D eigenvalue weighted by Gasteiger charge is -2.12. The molecule has 2 aromatic rings. The highest BCUT2D eigenvalue weighted by Gasteiger charge is 2.32. The van der Waals surface area contributed by atoms with Crippen molar-refractivity contribution in [3.63, 3.8) is 0 Å². The van der Waals surface area contributed by atoms with Crippen LogP contribution < -0.4 is 10.6 Å². The third-order valence-electron chi connectivity index (χ3n) is 4.14. The minimum absolute atomic E-state index is 0.120. The number of thioether (sulfide) groups is 1. The fourth-order valence-corrected chi connectivity index (χ4v) is 3.70. The minimum atomic E-state index is -0.450. The zero-order chi connectivity index (χ0) is 18.5. The molecule has 0 bridgehead atoms. The van der Waals surface area contributed by atoms with Crippen LogP contribution in [0.25, 0.3) is 0 Å². The third-order valence-corrected chi connectivity index (χ3v) is 5.26. The molecule has 6 heteroatoms. The van der Waals surface area contributed by atoms with Crippen LogP contribution in [0.3, 0.4) is 0 Å². The van der Waals surface area contributed by atoms with Crippen molar-refractivity contribution in [3.8, 4) is 0 Å². The van der Waals surface area contributed by atoms with Gasteiger partial charge in [0.15, 0.2) is 5.17 Å². The second-order valence-electron chi connectivity index (χ2n) is 6.22. The van der Waals surface area contributed by atoms with Crippen molar-refractivity contribution >= 4 is 34.4 Å². The summed E-state index contributed by atoms with van der Waals surface area (Å²) in [4.78, 5) is 28.9. The van der Waals surface area contributed by atoms with E-state index in [-0.39, 0.29) is 18.2 Å². The van der Waals surface area contributed by atoms with Gasteiger partial charge >= 0.3 is 0 Å². The zero-order valence-corrected chi connectivity index (χ0v) is 15.6. The summed E-state index contributed by atoms with van der Waals surface area (Å²) >= 11 is 1.31. The molecule has 0 aliphatic carbocycles. The summed E-state index contributed by atoms with van der Waals surface area (Å²) in [7, 11) is 0. The Bertz CT molecular complexity index is 829. The van der Waals surface area contributed by atoms with E-state index in [0.29, 0.717) is 11.7 Å². The Balaban J connectivity index is 1.58. The fourth-order valence-electron chi connectivity index (χ4n) is 2.73. The van der Waals surface area contributed by atoms with Gasteiger partial charge in [0.2, 0.25) is 11.8 Å². The molecular weight excluding hydrogens is 346 g/mol. The van der Waals surface area contributed by atoms with Crippen molar-refractivity contribution in [3.05, 3.63) is 65.2 Å². The normalized spacial score (nSPS) is 18.0. The summed E-state index contributed by atoms with van der Waals surface area (Å²) in [5.41, 5.74) is 3.91. The first-order valence-corrected chi connectivity index (χ1v) is 9.33. The highest BCUT2D eigenvalue weighted by atomic mass is 32.2. The number of para-hydroxylation sites is 1. The molecule has 2 aromatic carbocycles. The molecule has 5 nitrogen and oxygen atoms in total. The van der Waals surface area contributed by atoms with Crippen LogP contribution in [0.2, 0.25) is 0 Å². The molecule has 0 aromatic heterocycles. The number of benzene rings is 2. The van der Waals surface area contributed by atoms with Gasteiger partial charge in [-0.3, -0.25) is 14.6 Å². The second kappa shape index (κ2) is 8.19. The Morgan fingerprint density at radius 1 is 1.12 bits per heavy atom. The summed E-state index contributed by atoms with van der Waals surface area (Å²) < 4.78 is 0. The molecule has 1 fully saturated rings. The number of nitrogens with one attached hydrogen (secondary N) is 2. The van der Waals surface area contributed by atoms with Crippen LogP contribution >= 0.6 is 11.8 Å². The Labute approximate surface area is 157 Å². The van der Waals surface area contributed by atoms with E-state index in [1.54, 1.807) is 0 Å². The van der Waals surface area contributed by atoms with E-state index in [4.69, 9.17) is 0 Å². The molecule has 1 atom stereocenters. The quantitative estimate of drug-likeness (QED) is 0.851. The number of aliphatic imine (C=N–C) groups is 1. The SMILES string of the molecule is Cc1cccc(C)c1NC(=O)CC1SC(=NCc2ccccc2)NC1=O. The van der Waals surface area contributed by atoms with Gasteiger partial charge in [0.05, 0.1) is 6.54 Å². The van der Waals surface area contributed by atoms with Crippen molar-refractivity contribution in [1.29, 1.82) is 0 Å². The molecule has 0 spiro atoms. The highest BCUT2D eigenvalue weighted by Crippen LogP contribution is 2.25. The summed E-state index contributed by atoms with van der Waals surface area (Å²) in [5.74, 6) is -0.335. The van der Waals surface area contributed by atoms with Crippen molar-refractivity contribution < 1.29 is 9.59 Å². The van der Waals surface area contributed by atoms with Crippen LogP contribution in [0, 0.1) is 13.8 Å². The lowest BCUT2D eigenvalue weighted by molar-refractivity contribution is -0.122. The number of hydrogen-bond donors (Lipinski definition) is 2. The van der Waals surface area contributed by atoms with E-state index in [0.717, 1.165) is 22.4 Å². The molecular formula is C20H21N3O2S. The second-order valence-corrected chi connectivity index (χ2v) is 7.41. The molecule has 3 rings (SSSR count). The number of aryl methyl sites for hydroxylation is 2. The molecule has 134 valence electrons. The summed E-state index contributed by atoms with van der Waals surface area (Å²) in [6, 6.07) is 15.7. The smallest absolute Gasteiger partial charge is 0.240 e. The number of nitrogens with zero attached hydrogens (tertiary/aromatic N) is 1. The zero-order valence-electron chi connectivity index (χ0n) is 14.8. The van der Waals surface area contributed by atoms with Gasteiger partial charge in [-0.25, -0.2) is 0 Å². The Morgan fingerprint density at radius 3 is 2.50 bits per heavy atom. The molecule has 2 N–H and O–H groups in total. The number of amidine groups is 1. The molecule has 26 heavy (non-hydrogen) atoms. The van der Waals surface area contributed by atoms with Gasteiger partial charge in [-0.1, -0.05) is 60.3 Å². The number of amides is 2. The van der Waals surface area contributed by atoms with Crippen molar-refractivity contribution in [2.75, 3.05) is 5.32 Å². The first kappa shape index (κ1) is 18.2. The van der Waals surface area contributed by atoms with Gasteiger partial charge in [-0.15, -0.1) is 0 Å². The molecule has 1 heterocycles. The van der Waals surface area contributed by atoms with E-state index in [1.807, 2.05) is 62.4 Å². The Kier molecular flexibility index (Phi) is 5.73. The molecule has 0 saturated carbocycles. The molecule has 0 radical (unpaired) electrons. The van der Waals surface area contributed by atoms with Gasteiger partial charge in [0, 0.05) is 12.1 Å². The van der Waals surface area contributed by atoms with E-state index in [2.05, 4.69) is 15.6 Å². The van der Waals surface area contributed by atoms with Crippen LogP contribution in [-0.4, -0.2) is 22.2 Å². The Morgan fingerprint density at radius 2 is 1.81 bits per heavy atom. The maximum atomic E-state index is 12.4. The molecule has 2 amide bonds. The average molecular weight is 367 g/mol. The maximum absolute atomic E-state index is 12.4. The van der Waals surface area contributed by atoms with Gasteiger partial charge in [-0.2, -0.15) is 0 Å². The van der Waals surface area contributed by atoms with Crippen molar-refractivity contribution in [1.82, 2.24) is 5.32 Å². The topological polar surface area (TPSA) is 70.6 Å². The average Bonchev–Trinajstić information content (AvgIpc) is 2.97. The summed E-state index contributed by atoms with van der Waals surface area (Å²) in [6.45, 7) is 4.41. The number of hydrogen-bond acceptors (Lipinski definition) is 4. The largest absolute Gasteiger partial charge is 0.326 e. The van der Waals surface area contributed by atoms with E-state index < -0.39 is 5.25 Å². The Hall–Kier alpha value is -2.60. The van der Waals surface area contributed by atoms with E-state index in [1.165, 1.54) is 11.8 Å². The number of anilines is 1. The van der Waals surface area contributed by atoms with Crippen molar-refractivity contribution in [2.45, 2.75) is 32.1 Å². The lowest BCUT2D eigenvalue weighted by Crippen LogP contribution is -2.28. The molecule has 1 saturated heterocycles. The van der Waals surface area contributed by atoms with Crippen LogP contribution in [-0.2, 0) is 16.1 Å². The molecule has 1 aliphatic heterocycles. The first-order valence-electron chi connectivity index (χ1n) is 8.45. The van der Waals surface area contributed by atoms with Crippen LogP contribution in [0.5, 0.6) is 0 Å². The number of carbonyl (C=O) groups is 2. The predicted molar refractivity (Wildman–Crippen MR) is 106 cm³/mol. The van der Waals surface area contributed by atoms with Crippen molar-refractivity contribution in [2.24, 2.45) is 4.99 Å². The summed E-state index contributed by atoms with van der Waals surface area (Å²) in [5, 5.41) is 5.81. The predicted octanol–water partition coefficient (Wildman–Crippen LogP) is 3.42. The van der Waals surface area contributed by atoms with Gasteiger partial charge in [0.1, 0.15) is 5.25 Å². The van der Waals surface area contributed by atoms with Crippen LogP contribution in [0.15, 0.2) is 53.5 Å². The lowest BCUT2D eigenvalue weighted by atomic mass is 10.1. The molecule has 1 aliphatic rings. The fraction of sp³-hybridized carbons (Fsp3) is 0.250. The monoisotopic (exact) mass is 367 g/mol. The maximum Gasteiger partial charge on any atom is 0.240 e. The first-order chi connectivity index (χ1) is 12.5. The summed E-state index contributed by atoms with van der Waals surface area (Å²) in [6.07, 6.45) is 0.120. The van der Waals surface area contributed by atoms with Gasteiger partial charge in [-0.05, 0) is 30.5 Å². The van der Waals surface area contributed by atoms with Gasteiger partial charge in [0.25, 0.3) is 0 Å².